The summed E-state index contributed by atoms with van der Waals surface area (Å²) in [5.41, 5.74) is 4.43. The molecule has 3 rings (SSSR count). The lowest BCUT2D eigenvalue weighted by Crippen LogP contribution is -2.34. The Morgan fingerprint density at radius 1 is 1.13 bits per heavy atom. The van der Waals surface area contributed by atoms with E-state index >= 15 is 0 Å². The number of hydrogen-bond acceptors (Lipinski definition) is 4. The molecule has 0 atom stereocenters. The van der Waals surface area contributed by atoms with Gasteiger partial charge in [0.2, 0.25) is 0 Å². The average Bonchev–Trinajstić information content (AvgIpc) is 3.53. The van der Waals surface area contributed by atoms with Gasteiger partial charge in [-0.05, 0) is 80.5 Å². The van der Waals surface area contributed by atoms with Crippen molar-refractivity contribution in [2.75, 3.05) is 13.2 Å². The van der Waals surface area contributed by atoms with E-state index in [-0.39, 0.29) is 0 Å². The number of rotatable bonds is 9. The van der Waals surface area contributed by atoms with Gasteiger partial charge >= 0.3 is 6.09 Å². The zero-order chi connectivity index (χ0) is 21.6. The van der Waals surface area contributed by atoms with Crippen LogP contribution in [0.5, 0.6) is 5.75 Å². The number of hydrogen-bond donors (Lipinski definition) is 2. The fourth-order valence-electron chi connectivity index (χ4n) is 3.30. The molecule has 1 aliphatic carbocycles. The maximum Gasteiger partial charge on any atom is 0.407 e. The molecular weight excluding hydrogens is 376 g/mol. The second-order valence-electron chi connectivity index (χ2n) is 8.81. The Hall–Kier alpha value is -2.53. The second-order valence-corrected chi connectivity index (χ2v) is 8.81. The van der Waals surface area contributed by atoms with Gasteiger partial charge in [0.15, 0.2) is 0 Å². The SMILES string of the molecule is CCc1ccccc1-c1cc(CNC2CC2)cc(OCCNC(=O)OC(C)(C)C)c1. The Kier molecular flexibility index (Phi) is 7.38. The molecule has 0 bridgehead atoms. The Labute approximate surface area is 180 Å². The van der Waals surface area contributed by atoms with Crippen LogP contribution in [-0.4, -0.2) is 30.9 Å². The summed E-state index contributed by atoms with van der Waals surface area (Å²) in [7, 11) is 0. The first-order valence-corrected chi connectivity index (χ1v) is 10.9. The lowest BCUT2D eigenvalue weighted by Gasteiger charge is -2.19. The van der Waals surface area contributed by atoms with E-state index in [0.29, 0.717) is 19.2 Å². The predicted molar refractivity (Wildman–Crippen MR) is 121 cm³/mol. The smallest absolute Gasteiger partial charge is 0.407 e. The van der Waals surface area contributed by atoms with Gasteiger partial charge in [0.1, 0.15) is 18.0 Å². The molecule has 0 heterocycles. The summed E-state index contributed by atoms with van der Waals surface area (Å²) >= 11 is 0. The first kappa shape index (κ1) is 22.2. The summed E-state index contributed by atoms with van der Waals surface area (Å²) < 4.78 is 11.2. The number of ether oxygens (including phenoxy) is 2. The Morgan fingerprint density at radius 3 is 2.60 bits per heavy atom. The highest BCUT2D eigenvalue weighted by Gasteiger charge is 2.20. The van der Waals surface area contributed by atoms with Crippen molar-refractivity contribution in [3.05, 3.63) is 53.6 Å². The van der Waals surface area contributed by atoms with Gasteiger partial charge in [0, 0.05) is 12.6 Å². The molecule has 5 nitrogen and oxygen atoms in total. The molecule has 162 valence electrons. The number of carbonyl (C=O) groups excluding carboxylic acids is 1. The maximum absolute atomic E-state index is 11.8. The van der Waals surface area contributed by atoms with E-state index in [0.717, 1.165) is 24.3 Å². The number of nitrogens with one attached hydrogen (secondary N) is 2. The van der Waals surface area contributed by atoms with Gasteiger partial charge < -0.3 is 20.1 Å². The molecule has 5 heteroatoms. The number of benzene rings is 2. The summed E-state index contributed by atoms with van der Waals surface area (Å²) in [6, 6.07) is 15.6. The zero-order valence-corrected chi connectivity index (χ0v) is 18.6. The monoisotopic (exact) mass is 410 g/mol. The van der Waals surface area contributed by atoms with Gasteiger partial charge in [-0.25, -0.2) is 4.79 Å². The number of aryl methyl sites for hydroxylation is 1. The second kappa shape index (κ2) is 9.98. The lowest BCUT2D eigenvalue weighted by atomic mass is 9.96. The molecule has 0 spiro atoms. The number of carbonyl (C=O) groups is 1. The summed E-state index contributed by atoms with van der Waals surface area (Å²) in [5, 5.41) is 6.32. The van der Waals surface area contributed by atoms with Crippen molar-refractivity contribution in [1.82, 2.24) is 10.6 Å². The molecule has 1 aliphatic rings. The van der Waals surface area contributed by atoms with Gasteiger partial charge in [-0.15, -0.1) is 0 Å². The van der Waals surface area contributed by atoms with Crippen LogP contribution in [0.25, 0.3) is 11.1 Å². The van der Waals surface area contributed by atoms with Crippen LogP contribution in [0.15, 0.2) is 42.5 Å². The van der Waals surface area contributed by atoms with Crippen LogP contribution < -0.4 is 15.4 Å². The number of alkyl carbamates (subject to hydrolysis) is 1. The average molecular weight is 411 g/mol. The van der Waals surface area contributed by atoms with E-state index < -0.39 is 11.7 Å². The van der Waals surface area contributed by atoms with Crippen molar-refractivity contribution in [2.24, 2.45) is 0 Å². The van der Waals surface area contributed by atoms with Crippen LogP contribution in [0.4, 0.5) is 4.79 Å². The third kappa shape index (κ3) is 7.06. The van der Waals surface area contributed by atoms with Crippen molar-refractivity contribution in [3.8, 4) is 16.9 Å². The van der Waals surface area contributed by atoms with Gasteiger partial charge in [0.05, 0.1) is 6.54 Å². The molecule has 1 fully saturated rings. The first-order chi connectivity index (χ1) is 14.3. The molecule has 0 unspecified atom stereocenters. The van der Waals surface area contributed by atoms with Crippen LogP contribution in [0.2, 0.25) is 0 Å². The minimum atomic E-state index is -0.505. The summed E-state index contributed by atoms with van der Waals surface area (Å²) in [6.07, 6.45) is 3.08. The van der Waals surface area contributed by atoms with E-state index in [1.807, 2.05) is 20.8 Å². The Bertz CT molecular complexity index is 854. The Balaban J connectivity index is 1.68. The minimum absolute atomic E-state index is 0.383. The van der Waals surface area contributed by atoms with Crippen molar-refractivity contribution in [3.63, 3.8) is 0 Å². The highest BCUT2D eigenvalue weighted by atomic mass is 16.6. The van der Waals surface area contributed by atoms with E-state index in [4.69, 9.17) is 9.47 Å². The minimum Gasteiger partial charge on any atom is -0.492 e. The summed E-state index contributed by atoms with van der Waals surface area (Å²) in [6.45, 7) is 9.32. The summed E-state index contributed by atoms with van der Waals surface area (Å²) in [4.78, 5) is 11.8. The van der Waals surface area contributed by atoms with Crippen LogP contribution >= 0.6 is 0 Å². The third-order valence-corrected chi connectivity index (χ3v) is 4.89. The molecule has 0 saturated heterocycles. The van der Waals surface area contributed by atoms with Crippen molar-refractivity contribution in [1.29, 1.82) is 0 Å². The normalized spacial score (nSPS) is 13.7. The molecule has 2 aromatic carbocycles. The molecule has 1 amide bonds. The van der Waals surface area contributed by atoms with E-state index in [9.17, 15) is 4.79 Å². The highest BCUT2D eigenvalue weighted by Crippen LogP contribution is 2.30. The molecule has 0 aliphatic heterocycles. The van der Waals surface area contributed by atoms with Crippen LogP contribution in [0, 0.1) is 0 Å². The van der Waals surface area contributed by atoms with Crippen molar-refractivity contribution < 1.29 is 14.3 Å². The third-order valence-electron chi connectivity index (χ3n) is 4.89. The molecule has 0 aromatic heterocycles. The fourth-order valence-corrected chi connectivity index (χ4v) is 3.30. The van der Waals surface area contributed by atoms with Crippen LogP contribution in [0.3, 0.4) is 0 Å². The zero-order valence-electron chi connectivity index (χ0n) is 18.6. The van der Waals surface area contributed by atoms with E-state index in [1.165, 1.54) is 29.5 Å². The molecule has 1 saturated carbocycles. The van der Waals surface area contributed by atoms with Gasteiger partial charge in [-0.3, -0.25) is 0 Å². The lowest BCUT2D eigenvalue weighted by molar-refractivity contribution is 0.0520. The standard InChI is InChI=1S/C25H34N2O3/c1-5-19-8-6-7-9-23(19)20-14-18(17-27-21-10-11-21)15-22(16-20)29-13-12-26-24(28)30-25(2,3)4/h6-9,14-16,21,27H,5,10-13,17H2,1-4H3,(H,26,28). The van der Waals surface area contributed by atoms with E-state index in [2.05, 4.69) is 60.0 Å². The first-order valence-electron chi connectivity index (χ1n) is 10.9. The highest BCUT2D eigenvalue weighted by molar-refractivity contribution is 5.70. The maximum atomic E-state index is 11.8. The fraction of sp³-hybridized carbons (Fsp3) is 0.480. The molecule has 2 aromatic rings. The molecule has 0 radical (unpaired) electrons. The van der Waals surface area contributed by atoms with Crippen LogP contribution in [-0.2, 0) is 17.7 Å². The topological polar surface area (TPSA) is 59.6 Å². The van der Waals surface area contributed by atoms with Gasteiger partial charge in [-0.1, -0.05) is 31.2 Å². The van der Waals surface area contributed by atoms with Crippen LogP contribution in [0.1, 0.15) is 51.7 Å². The predicted octanol–water partition coefficient (Wildman–Crippen LogP) is 5.07. The molecule has 30 heavy (non-hydrogen) atoms. The summed E-state index contributed by atoms with van der Waals surface area (Å²) in [5.74, 6) is 0.817. The van der Waals surface area contributed by atoms with Gasteiger partial charge in [-0.2, -0.15) is 0 Å². The van der Waals surface area contributed by atoms with Crippen molar-refractivity contribution in [2.45, 2.75) is 65.1 Å². The number of amides is 1. The Morgan fingerprint density at radius 2 is 1.90 bits per heavy atom. The molecule has 2 N–H and O–H groups in total. The quantitative estimate of drug-likeness (QED) is 0.567. The van der Waals surface area contributed by atoms with E-state index in [1.54, 1.807) is 0 Å². The largest absolute Gasteiger partial charge is 0.492 e. The van der Waals surface area contributed by atoms with Gasteiger partial charge in [0.25, 0.3) is 0 Å². The molecular formula is C25H34N2O3. The van der Waals surface area contributed by atoms with Crippen molar-refractivity contribution >= 4 is 6.09 Å².